The molecular weight excluding hydrogens is 601 g/mol. The largest absolute Gasteiger partial charge is 0.357 e. The lowest BCUT2D eigenvalue weighted by atomic mass is 10.1. The van der Waals surface area contributed by atoms with E-state index in [1.165, 1.54) is 36.2 Å². The number of hydrogen-bond donors (Lipinski definition) is 1. The van der Waals surface area contributed by atoms with Crippen LogP contribution in [0.5, 0.6) is 0 Å². The van der Waals surface area contributed by atoms with Gasteiger partial charge in [0, 0.05) is 18.1 Å². The number of amides is 2. The lowest BCUT2D eigenvalue weighted by molar-refractivity contribution is -0.139. The van der Waals surface area contributed by atoms with Crippen LogP contribution in [-0.4, -0.2) is 44.8 Å². The van der Waals surface area contributed by atoms with Crippen LogP contribution in [0, 0.1) is 6.92 Å². The van der Waals surface area contributed by atoms with E-state index in [-0.39, 0.29) is 27.2 Å². The molecule has 0 aliphatic carbocycles. The molecule has 11 heteroatoms. The zero-order chi connectivity index (χ0) is 27.3. The van der Waals surface area contributed by atoms with Crippen LogP contribution in [-0.2, 0) is 26.2 Å². The first kappa shape index (κ1) is 29.0. The van der Waals surface area contributed by atoms with Gasteiger partial charge in [-0.2, -0.15) is 0 Å². The van der Waals surface area contributed by atoms with Gasteiger partial charge in [0.25, 0.3) is 10.0 Å². The predicted octanol–water partition coefficient (Wildman–Crippen LogP) is 5.42. The van der Waals surface area contributed by atoms with Crippen LogP contribution in [0.3, 0.4) is 0 Å². The molecule has 3 aromatic carbocycles. The number of carbonyl (C=O) groups excluding carboxylic acids is 2. The van der Waals surface area contributed by atoms with Crippen molar-refractivity contribution in [3.63, 3.8) is 0 Å². The highest BCUT2D eigenvalue weighted by atomic mass is 79.9. The molecule has 0 unspecified atom stereocenters. The van der Waals surface area contributed by atoms with E-state index in [4.69, 9.17) is 23.2 Å². The second-order valence-corrected chi connectivity index (χ2v) is 11.9. The standard InChI is InChI=1S/C26H26BrCl2N3O4S/c1-17-10-12-21(13-11-17)37(35,36)32(23-9-5-8-22(28)25(23)29)16-24(33)31(18(2)26(34)30-3)15-19-6-4-7-20(27)14-19/h4-14,18H,15-16H2,1-3H3,(H,30,34)/t18-/m0/s1. The number of sulfonamides is 1. The Morgan fingerprint density at radius 1 is 1.03 bits per heavy atom. The van der Waals surface area contributed by atoms with Crippen molar-refractivity contribution in [3.05, 3.63) is 92.4 Å². The van der Waals surface area contributed by atoms with E-state index in [9.17, 15) is 18.0 Å². The minimum atomic E-state index is -4.24. The van der Waals surface area contributed by atoms with Crippen LogP contribution in [0.25, 0.3) is 0 Å². The molecule has 2 amide bonds. The first-order valence-electron chi connectivity index (χ1n) is 11.2. The van der Waals surface area contributed by atoms with E-state index in [1.807, 2.05) is 31.2 Å². The van der Waals surface area contributed by atoms with Gasteiger partial charge in [0.1, 0.15) is 12.6 Å². The highest BCUT2D eigenvalue weighted by Crippen LogP contribution is 2.35. The second-order valence-electron chi connectivity index (χ2n) is 8.34. The average molecular weight is 627 g/mol. The van der Waals surface area contributed by atoms with E-state index < -0.39 is 34.4 Å². The predicted molar refractivity (Wildman–Crippen MR) is 150 cm³/mol. The number of halogens is 3. The lowest BCUT2D eigenvalue weighted by Crippen LogP contribution is -2.50. The fraction of sp³-hybridized carbons (Fsp3) is 0.231. The van der Waals surface area contributed by atoms with E-state index in [1.54, 1.807) is 25.1 Å². The summed E-state index contributed by atoms with van der Waals surface area (Å²) in [6.45, 7) is 2.89. The van der Waals surface area contributed by atoms with E-state index in [2.05, 4.69) is 21.2 Å². The van der Waals surface area contributed by atoms with Crippen LogP contribution < -0.4 is 9.62 Å². The lowest BCUT2D eigenvalue weighted by Gasteiger charge is -2.32. The van der Waals surface area contributed by atoms with Crippen molar-refractivity contribution in [2.45, 2.75) is 31.3 Å². The third kappa shape index (κ3) is 6.84. The summed E-state index contributed by atoms with van der Waals surface area (Å²) in [6, 6.07) is 17.2. The molecule has 1 atom stereocenters. The Hall–Kier alpha value is -2.59. The number of likely N-dealkylation sites (N-methyl/N-ethyl adjacent to an activating group) is 1. The minimum Gasteiger partial charge on any atom is -0.357 e. The number of hydrogen-bond acceptors (Lipinski definition) is 4. The van der Waals surface area contributed by atoms with Gasteiger partial charge in [-0.15, -0.1) is 0 Å². The quantitative estimate of drug-likeness (QED) is 0.344. The Morgan fingerprint density at radius 2 is 1.68 bits per heavy atom. The summed E-state index contributed by atoms with van der Waals surface area (Å²) in [7, 11) is -2.76. The molecule has 0 aliphatic rings. The van der Waals surface area contributed by atoms with Gasteiger partial charge in [0.2, 0.25) is 11.8 Å². The summed E-state index contributed by atoms with van der Waals surface area (Å²) in [5, 5.41) is 2.68. The van der Waals surface area contributed by atoms with E-state index in [0.717, 1.165) is 19.9 Å². The number of aryl methyl sites for hydroxylation is 1. The summed E-state index contributed by atoms with van der Waals surface area (Å²) < 4.78 is 29.3. The van der Waals surface area contributed by atoms with Crippen molar-refractivity contribution in [1.29, 1.82) is 0 Å². The molecule has 0 bridgehead atoms. The van der Waals surface area contributed by atoms with E-state index >= 15 is 0 Å². The zero-order valence-corrected chi connectivity index (χ0v) is 24.3. The fourth-order valence-corrected chi connectivity index (χ4v) is 5.98. The summed E-state index contributed by atoms with van der Waals surface area (Å²) >= 11 is 16.0. The Kier molecular flexibility index (Phi) is 9.63. The number of anilines is 1. The summed E-state index contributed by atoms with van der Waals surface area (Å²) in [5.74, 6) is -0.986. The SMILES string of the molecule is CNC(=O)[C@H](C)N(Cc1cccc(Br)c1)C(=O)CN(c1cccc(Cl)c1Cl)S(=O)(=O)c1ccc(C)cc1. The molecule has 0 fully saturated rings. The molecule has 0 saturated heterocycles. The zero-order valence-electron chi connectivity index (χ0n) is 20.4. The fourth-order valence-electron chi connectivity index (χ4n) is 3.66. The van der Waals surface area contributed by atoms with Crippen LogP contribution in [0.4, 0.5) is 5.69 Å². The molecule has 0 saturated carbocycles. The average Bonchev–Trinajstić information content (AvgIpc) is 2.87. The molecule has 0 heterocycles. The number of carbonyl (C=O) groups is 2. The molecule has 0 radical (unpaired) electrons. The van der Waals surface area contributed by atoms with Gasteiger partial charge >= 0.3 is 0 Å². The van der Waals surface area contributed by atoms with Crippen LogP contribution in [0.15, 0.2) is 76.1 Å². The third-order valence-corrected chi connectivity index (χ3v) is 8.82. The molecule has 0 spiro atoms. The van der Waals surface area contributed by atoms with Gasteiger partial charge in [0.15, 0.2) is 0 Å². The summed E-state index contributed by atoms with van der Waals surface area (Å²) in [6.07, 6.45) is 0. The van der Waals surface area contributed by atoms with Crippen molar-refractivity contribution in [3.8, 4) is 0 Å². The smallest absolute Gasteiger partial charge is 0.264 e. The maximum atomic E-state index is 13.8. The molecule has 7 nitrogen and oxygen atoms in total. The number of rotatable bonds is 9. The minimum absolute atomic E-state index is 0.00876. The van der Waals surface area contributed by atoms with Crippen molar-refractivity contribution in [1.82, 2.24) is 10.2 Å². The molecule has 0 aromatic heterocycles. The topological polar surface area (TPSA) is 86.8 Å². The Labute approximate surface area is 235 Å². The number of nitrogens with zero attached hydrogens (tertiary/aromatic N) is 2. The normalized spacial score (nSPS) is 12.1. The highest BCUT2D eigenvalue weighted by Gasteiger charge is 2.33. The molecule has 196 valence electrons. The Morgan fingerprint density at radius 3 is 2.30 bits per heavy atom. The van der Waals surface area contributed by atoms with Crippen molar-refractivity contribution in [2.75, 3.05) is 17.9 Å². The summed E-state index contributed by atoms with van der Waals surface area (Å²) in [5.41, 5.74) is 1.69. The molecule has 37 heavy (non-hydrogen) atoms. The Balaban J connectivity index is 2.08. The van der Waals surface area contributed by atoms with Gasteiger partial charge < -0.3 is 10.2 Å². The van der Waals surface area contributed by atoms with Crippen molar-refractivity contribution >= 4 is 66.7 Å². The van der Waals surface area contributed by atoms with E-state index in [0.29, 0.717) is 0 Å². The van der Waals surface area contributed by atoms with Crippen LogP contribution in [0.1, 0.15) is 18.1 Å². The van der Waals surface area contributed by atoms with Gasteiger partial charge in [-0.1, -0.05) is 75.0 Å². The van der Waals surface area contributed by atoms with Gasteiger partial charge in [-0.25, -0.2) is 8.42 Å². The second kappa shape index (κ2) is 12.3. The number of benzene rings is 3. The number of nitrogens with one attached hydrogen (secondary N) is 1. The molecule has 0 aliphatic heterocycles. The molecule has 1 N–H and O–H groups in total. The maximum Gasteiger partial charge on any atom is 0.264 e. The van der Waals surface area contributed by atoms with Gasteiger partial charge in [0.05, 0.1) is 20.6 Å². The highest BCUT2D eigenvalue weighted by molar-refractivity contribution is 9.10. The monoisotopic (exact) mass is 625 g/mol. The van der Waals surface area contributed by atoms with Gasteiger partial charge in [-0.3, -0.25) is 13.9 Å². The molecule has 3 rings (SSSR count). The first-order valence-corrected chi connectivity index (χ1v) is 14.2. The molecular formula is C26H26BrCl2N3O4S. The molecule has 3 aromatic rings. The van der Waals surface area contributed by atoms with Crippen LogP contribution in [0.2, 0.25) is 10.0 Å². The van der Waals surface area contributed by atoms with Crippen molar-refractivity contribution < 1.29 is 18.0 Å². The van der Waals surface area contributed by atoms with Crippen molar-refractivity contribution in [2.24, 2.45) is 0 Å². The summed E-state index contributed by atoms with van der Waals surface area (Å²) in [4.78, 5) is 27.6. The first-order chi connectivity index (χ1) is 17.4. The van der Waals surface area contributed by atoms with Gasteiger partial charge in [-0.05, 0) is 55.8 Å². The van der Waals surface area contributed by atoms with Crippen LogP contribution >= 0.6 is 39.1 Å². The maximum absolute atomic E-state index is 13.8. The third-order valence-electron chi connectivity index (χ3n) is 5.74. The Bertz CT molecular complexity index is 1400.